The Labute approximate surface area is 179 Å². The van der Waals surface area contributed by atoms with Crippen LogP contribution < -0.4 is 5.32 Å². The van der Waals surface area contributed by atoms with Gasteiger partial charge in [0.1, 0.15) is 0 Å². The van der Waals surface area contributed by atoms with Crippen LogP contribution in [0.5, 0.6) is 0 Å². The number of ether oxygens (including phenoxy) is 1. The Morgan fingerprint density at radius 3 is 2.37 bits per heavy atom. The Morgan fingerprint density at radius 2 is 1.73 bits per heavy atom. The van der Waals surface area contributed by atoms with E-state index < -0.39 is 0 Å². The number of amides is 1. The van der Waals surface area contributed by atoms with Crippen molar-refractivity contribution in [2.24, 2.45) is 17.8 Å². The van der Waals surface area contributed by atoms with E-state index >= 15 is 0 Å². The second-order valence-corrected chi connectivity index (χ2v) is 10.5. The summed E-state index contributed by atoms with van der Waals surface area (Å²) < 4.78 is 4.87. The summed E-state index contributed by atoms with van der Waals surface area (Å²) in [6.45, 7) is 2.03. The fourth-order valence-electron chi connectivity index (χ4n) is 7.57. The first-order valence-corrected chi connectivity index (χ1v) is 11.7. The van der Waals surface area contributed by atoms with Gasteiger partial charge in [0.25, 0.3) is 0 Å². The molecule has 0 spiro atoms. The normalized spacial score (nSPS) is 35.9. The zero-order valence-corrected chi connectivity index (χ0v) is 18.1. The standard InChI is InChI=1S/C25H34N2O3/c1-30-23(29)20-7-9-27(10-8-20)16-22(28)26-25-14-18-11-19(15-25)13-24(12-18,17-25)21-5-3-2-4-6-21/h2-6,18-20H,7-17H2,1H3,(H,26,28)/t18-,19+,24?,25?. The number of nitrogens with zero attached hydrogens (tertiary/aromatic N) is 1. The van der Waals surface area contributed by atoms with Gasteiger partial charge in [-0.3, -0.25) is 14.5 Å². The quantitative estimate of drug-likeness (QED) is 0.757. The fourth-order valence-corrected chi connectivity index (χ4v) is 7.57. The van der Waals surface area contributed by atoms with E-state index in [0.717, 1.165) is 57.0 Å². The number of hydrogen-bond donors (Lipinski definition) is 1. The van der Waals surface area contributed by atoms with Crippen molar-refractivity contribution in [3.63, 3.8) is 0 Å². The molecule has 1 aliphatic heterocycles. The molecule has 0 aromatic heterocycles. The van der Waals surface area contributed by atoms with Gasteiger partial charge in [0.15, 0.2) is 0 Å². The van der Waals surface area contributed by atoms with Crippen LogP contribution in [0.3, 0.4) is 0 Å². The van der Waals surface area contributed by atoms with E-state index in [9.17, 15) is 9.59 Å². The van der Waals surface area contributed by atoms with Crippen molar-refractivity contribution in [2.45, 2.75) is 62.3 Å². The van der Waals surface area contributed by atoms with E-state index in [4.69, 9.17) is 4.74 Å². The van der Waals surface area contributed by atoms with Crippen molar-refractivity contribution in [2.75, 3.05) is 26.7 Å². The average Bonchev–Trinajstić information content (AvgIpc) is 2.73. The number of carbonyl (C=O) groups excluding carboxylic acids is 2. The zero-order valence-electron chi connectivity index (χ0n) is 18.1. The molecular weight excluding hydrogens is 376 g/mol. The van der Waals surface area contributed by atoms with Crippen molar-refractivity contribution in [3.8, 4) is 0 Å². The first-order chi connectivity index (χ1) is 14.5. The average molecular weight is 411 g/mol. The van der Waals surface area contributed by atoms with Gasteiger partial charge in [-0.05, 0) is 87.3 Å². The van der Waals surface area contributed by atoms with E-state index in [1.165, 1.54) is 31.9 Å². The molecule has 1 saturated heterocycles. The molecule has 5 aliphatic rings. The SMILES string of the molecule is COC(=O)C1CCN(CC(=O)NC23C[C@H]4C[C@@H](C2)CC(c2ccccc2)(C4)C3)CC1. The number of likely N-dealkylation sites (tertiary alicyclic amines) is 1. The molecule has 1 amide bonds. The lowest BCUT2D eigenvalue weighted by Gasteiger charge is -2.62. The number of rotatable bonds is 5. The van der Waals surface area contributed by atoms with Gasteiger partial charge in [-0.25, -0.2) is 0 Å². The highest BCUT2D eigenvalue weighted by Crippen LogP contribution is 2.62. The van der Waals surface area contributed by atoms with Gasteiger partial charge >= 0.3 is 5.97 Å². The second kappa shape index (κ2) is 7.67. The summed E-state index contributed by atoms with van der Waals surface area (Å²) in [4.78, 5) is 27.0. The maximum Gasteiger partial charge on any atom is 0.308 e. The fraction of sp³-hybridized carbons (Fsp3) is 0.680. The smallest absolute Gasteiger partial charge is 0.308 e. The van der Waals surface area contributed by atoms with E-state index in [1.54, 1.807) is 0 Å². The van der Waals surface area contributed by atoms with E-state index in [-0.39, 0.29) is 28.7 Å². The van der Waals surface area contributed by atoms with Gasteiger partial charge in [-0.1, -0.05) is 30.3 Å². The van der Waals surface area contributed by atoms with E-state index in [1.807, 2.05) is 0 Å². The summed E-state index contributed by atoms with van der Waals surface area (Å²) in [5.74, 6) is 1.52. The first kappa shape index (κ1) is 20.0. The molecule has 4 saturated carbocycles. The molecule has 1 aromatic carbocycles. The summed E-state index contributed by atoms with van der Waals surface area (Å²) in [5.41, 5.74) is 1.70. The Hall–Kier alpha value is -1.88. The summed E-state index contributed by atoms with van der Waals surface area (Å²) in [6, 6.07) is 11.0. The number of carbonyl (C=O) groups is 2. The lowest BCUT2D eigenvalue weighted by atomic mass is 9.45. The summed E-state index contributed by atoms with van der Waals surface area (Å²) >= 11 is 0. The molecule has 4 atom stereocenters. The minimum atomic E-state index is -0.112. The maximum atomic E-state index is 13.1. The topological polar surface area (TPSA) is 58.6 Å². The highest BCUT2D eigenvalue weighted by atomic mass is 16.5. The van der Waals surface area contributed by atoms with Crippen molar-refractivity contribution in [1.29, 1.82) is 0 Å². The van der Waals surface area contributed by atoms with Gasteiger partial charge in [0.2, 0.25) is 5.91 Å². The molecule has 5 nitrogen and oxygen atoms in total. The highest BCUT2D eigenvalue weighted by Gasteiger charge is 2.58. The Bertz CT molecular complexity index is 786. The third-order valence-electron chi connectivity index (χ3n) is 8.34. The Morgan fingerprint density at radius 1 is 1.07 bits per heavy atom. The van der Waals surface area contributed by atoms with Gasteiger partial charge in [0.05, 0.1) is 19.6 Å². The van der Waals surface area contributed by atoms with Crippen molar-refractivity contribution < 1.29 is 14.3 Å². The molecule has 1 aromatic rings. The molecule has 2 unspecified atom stereocenters. The number of nitrogens with one attached hydrogen (secondary N) is 1. The minimum Gasteiger partial charge on any atom is -0.469 e. The lowest BCUT2D eigenvalue weighted by molar-refractivity contribution is -0.147. The first-order valence-electron chi connectivity index (χ1n) is 11.7. The third kappa shape index (κ3) is 3.66. The summed E-state index contributed by atoms with van der Waals surface area (Å²) in [5, 5.41) is 3.54. The highest BCUT2D eigenvalue weighted by molar-refractivity contribution is 5.79. The number of esters is 1. The molecular formula is C25H34N2O3. The van der Waals surface area contributed by atoms with Crippen LogP contribution in [0.2, 0.25) is 0 Å². The second-order valence-electron chi connectivity index (χ2n) is 10.5. The predicted molar refractivity (Wildman–Crippen MR) is 115 cm³/mol. The summed E-state index contributed by atoms with van der Waals surface area (Å²) in [6.07, 6.45) is 8.86. The zero-order chi connectivity index (χ0) is 20.8. The Kier molecular flexibility index (Phi) is 5.12. The van der Waals surface area contributed by atoms with E-state index in [2.05, 4.69) is 40.5 Å². The molecule has 5 fully saturated rings. The molecule has 1 heterocycles. The van der Waals surface area contributed by atoms with Gasteiger partial charge in [-0.2, -0.15) is 0 Å². The molecule has 162 valence electrons. The van der Waals surface area contributed by atoms with Crippen molar-refractivity contribution >= 4 is 11.9 Å². The molecule has 6 rings (SSSR count). The monoisotopic (exact) mass is 410 g/mol. The van der Waals surface area contributed by atoms with Gasteiger partial charge < -0.3 is 10.1 Å². The largest absolute Gasteiger partial charge is 0.469 e. The van der Waals surface area contributed by atoms with Crippen LogP contribution in [0, 0.1) is 17.8 Å². The molecule has 4 aliphatic carbocycles. The number of piperidine rings is 1. The molecule has 0 radical (unpaired) electrons. The molecule has 5 heteroatoms. The van der Waals surface area contributed by atoms with Gasteiger partial charge in [0, 0.05) is 5.54 Å². The number of methoxy groups -OCH3 is 1. The third-order valence-corrected chi connectivity index (χ3v) is 8.34. The van der Waals surface area contributed by atoms with Crippen LogP contribution >= 0.6 is 0 Å². The summed E-state index contributed by atoms with van der Waals surface area (Å²) in [7, 11) is 1.45. The van der Waals surface area contributed by atoms with Crippen molar-refractivity contribution in [1.82, 2.24) is 10.2 Å². The van der Waals surface area contributed by atoms with Crippen LogP contribution in [-0.4, -0.2) is 49.1 Å². The lowest BCUT2D eigenvalue weighted by Crippen LogP contribution is -2.65. The predicted octanol–water partition coefficient (Wildman–Crippen LogP) is 3.28. The van der Waals surface area contributed by atoms with Crippen LogP contribution in [0.4, 0.5) is 0 Å². The Balaban J connectivity index is 1.24. The van der Waals surface area contributed by atoms with Crippen LogP contribution in [0.1, 0.15) is 56.9 Å². The molecule has 4 bridgehead atoms. The van der Waals surface area contributed by atoms with Crippen LogP contribution in [0.15, 0.2) is 30.3 Å². The van der Waals surface area contributed by atoms with Crippen LogP contribution in [-0.2, 0) is 19.7 Å². The minimum absolute atomic E-state index is 0.0109. The van der Waals surface area contributed by atoms with Gasteiger partial charge in [-0.15, -0.1) is 0 Å². The number of hydrogen-bond acceptors (Lipinski definition) is 4. The van der Waals surface area contributed by atoms with Crippen molar-refractivity contribution in [3.05, 3.63) is 35.9 Å². The molecule has 30 heavy (non-hydrogen) atoms. The van der Waals surface area contributed by atoms with Crippen LogP contribution in [0.25, 0.3) is 0 Å². The van der Waals surface area contributed by atoms with E-state index in [0.29, 0.717) is 6.54 Å². The molecule has 1 N–H and O–H groups in total. The maximum absolute atomic E-state index is 13.1. The number of benzene rings is 1.